The summed E-state index contributed by atoms with van der Waals surface area (Å²) in [7, 11) is 0. The van der Waals surface area contributed by atoms with Crippen LogP contribution in [0.15, 0.2) is 12.3 Å². The van der Waals surface area contributed by atoms with Crippen molar-refractivity contribution in [3.63, 3.8) is 0 Å². The van der Waals surface area contributed by atoms with E-state index in [1.807, 2.05) is 18.7 Å². The molecule has 1 heterocycles. The highest BCUT2D eigenvalue weighted by Gasteiger charge is 2.32. The fourth-order valence-corrected chi connectivity index (χ4v) is 2.74. The van der Waals surface area contributed by atoms with Crippen LogP contribution in [0.25, 0.3) is 0 Å². The zero-order valence-corrected chi connectivity index (χ0v) is 13.7. The molecule has 1 aromatic rings. The molecule has 114 valence electrons. The van der Waals surface area contributed by atoms with Crippen molar-refractivity contribution in [1.29, 1.82) is 0 Å². The molecule has 0 aliphatic heterocycles. The number of aromatic nitrogens is 1. The number of anilines is 1. The van der Waals surface area contributed by atoms with Crippen molar-refractivity contribution in [2.24, 2.45) is 0 Å². The third kappa shape index (κ3) is 4.25. The van der Waals surface area contributed by atoms with Gasteiger partial charge in [0.05, 0.1) is 10.6 Å². The van der Waals surface area contributed by atoms with Crippen molar-refractivity contribution in [2.75, 3.05) is 16.8 Å². The average molecular weight is 374 g/mol. The maximum atomic E-state index is 12.6. The Bertz CT molecular complexity index is 436. The Labute approximate surface area is 130 Å². The summed E-state index contributed by atoms with van der Waals surface area (Å²) in [5.74, 6) is 0.410. The monoisotopic (exact) mass is 372 g/mol. The third-order valence-electron chi connectivity index (χ3n) is 3.13. The second kappa shape index (κ2) is 7.50. The molecule has 1 aromatic heterocycles. The van der Waals surface area contributed by atoms with Crippen LogP contribution in [0.2, 0.25) is 5.02 Å². The van der Waals surface area contributed by atoms with Gasteiger partial charge in [0.1, 0.15) is 5.82 Å². The van der Waals surface area contributed by atoms with Gasteiger partial charge in [0.2, 0.25) is 0 Å². The van der Waals surface area contributed by atoms with E-state index < -0.39 is 11.7 Å². The Kier molecular flexibility index (Phi) is 6.58. The van der Waals surface area contributed by atoms with Gasteiger partial charge in [0.15, 0.2) is 0 Å². The number of halogens is 5. The molecule has 2 nitrogen and oxygen atoms in total. The molecule has 0 N–H and O–H groups in total. The number of nitrogens with zero attached hydrogens (tertiary/aromatic N) is 2. The quantitative estimate of drug-likeness (QED) is 0.642. The molecular formula is C13H17BrClF3N2. The Balaban J connectivity index is 3.15. The molecule has 20 heavy (non-hydrogen) atoms. The number of hydrogen-bond donors (Lipinski definition) is 0. The fraction of sp³-hybridized carbons (Fsp3) is 0.615. The van der Waals surface area contributed by atoms with E-state index in [9.17, 15) is 13.2 Å². The number of pyridine rings is 1. The average Bonchev–Trinajstić information content (AvgIpc) is 2.38. The molecule has 0 bridgehead atoms. The largest absolute Gasteiger partial charge is 0.417 e. The predicted octanol–water partition coefficient (Wildman–Crippen LogP) is 5.14. The zero-order chi connectivity index (χ0) is 15.3. The van der Waals surface area contributed by atoms with Crippen LogP contribution in [-0.4, -0.2) is 22.9 Å². The van der Waals surface area contributed by atoms with Crippen molar-refractivity contribution in [2.45, 2.75) is 38.9 Å². The smallest absolute Gasteiger partial charge is 0.352 e. The summed E-state index contributed by atoms with van der Waals surface area (Å²) < 4.78 is 37.9. The molecule has 0 spiro atoms. The molecular weight excluding hydrogens is 357 g/mol. The van der Waals surface area contributed by atoms with E-state index in [1.54, 1.807) is 0 Å². The summed E-state index contributed by atoms with van der Waals surface area (Å²) in [6, 6.07) is 1.14. The lowest BCUT2D eigenvalue weighted by molar-refractivity contribution is -0.137. The van der Waals surface area contributed by atoms with Gasteiger partial charge in [-0.25, -0.2) is 4.98 Å². The van der Waals surface area contributed by atoms with Crippen LogP contribution < -0.4 is 4.90 Å². The number of hydrogen-bond acceptors (Lipinski definition) is 2. The van der Waals surface area contributed by atoms with Crippen molar-refractivity contribution in [1.82, 2.24) is 4.98 Å². The van der Waals surface area contributed by atoms with Gasteiger partial charge in [-0.15, -0.1) is 0 Å². The van der Waals surface area contributed by atoms with Crippen molar-refractivity contribution < 1.29 is 13.2 Å². The lowest BCUT2D eigenvalue weighted by atomic mass is 10.1. The summed E-state index contributed by atoms with van der Waals surface area (Å²) in [5.41, 5.74) is -0.824. The van der Waals surface area contributed by atoms with Crippen LogP contribution in [-0.2, 0) is 6.18 Å². The molecule has 0 atom stereocenters. The molecule has 0 saturated carbocycles. The second-order valence-corrected chi connectivity index (χ2v) is 5.58. The molecule has 1 rings (SSSR count). The minimum absolute atomic E-state index is 0.0349. The van der Waals surface area contributed by atoms with Crippen molar-refractivity contribution in [3.8, 4) is 0 Å². The maximum absolute atomic E-state index is 12.6. The molecule has 0 unspecified atom stereocenters. The van der Waals surface area contributed by atoms with Crippen LogP contribution in [0.5, 0.6) is 0 Å². The van der Waals surface area contributed by atoms with Crippen LogP contribution in [0, 0.1) is 0 Å². The Hall–Kier alpha value is -0.490. The van der Waals surface area contributed by atoms with Gasteiger partial charge in [0.25, 0.3) is 0 Å². The molecule has 0 saturated heterocycles. The molecule has 0 amide bonds. The summed E-state index contributed by atoms with van der Waals surface area (Å²) in [6.07, 6.45) is -1.83. The van der Waals surface area contributed by atoms with E-state index in [1.165, 1.54) is 0 Å². The lowest BCUT2D eigenvalue weighted by Crippen LogP contribution is -2.37. The van der Waals surface area contributed by atoms with E-state index in [0.717, 1.165) is 25.1 Å². The second-order valence-electron chi connectivity index (χ2n) is 4.38. The van der Waals surface area contributed by atoms with Crippen LogP contribution in [0.4, 0.5) is 19.0 Å². The first-order chi connectivity index (χ1) is 9.35. The van der Waals surface area contributed by atoms with Gasteiger partial charge in [-0.05, 0) is 18.9 Å². The topological polar surface area (TPSA) is 16.1 Å². The third-order valence-corrected chi connectivity index (χ3v) is 3.76. The van der Waals surface area contributed by atoms with Gasteiger partial charge in [0, 0.05) is 24.1 Å². The van der Waals surface area contributed by atoms with E-state index in [0.29, 0.717) is 17.7 Å². The SMILES string of the molecule is CCC(CC)N(CCBr)c1ncc(C(F)(F)F)cc1Cl. The van der Waals surface area contributed by atoms with Gasteiger partial charge in [-0.3, -0.25) is 0 Å². The van der Waals surface area contributed by atoms with E-state index in [2.05, 4.69) is 20.9 Å². The first-order valence-electron chi connectivity index (χ1n) is 6.40. The van der Waals surface area contributed by atoms with Crippen LogP contribution >= 0.6 is 27.5 Å². The number of alkyl halides is 4. The maximum Gasteiger partial charge on any atom is 0.417 e. The minimum atomic E-state index is -4.43. The van der Waals surface area contributed by atoms with Crippen molar-refractivity contribution >= 4 is 33.3 Å². The van der Waals surface area contributed by atoms with Gasteiger partial charge in [-0.2, -0.15) is 13.2 Å². The van der Waals surface area contributed by atoms with E-state index in [4.69, 9.17) is 11.6 Å². The summed E-state index contributed by atoms with van der Waals surface area (Å²) in [4.78, 5) is 5.89. The number of rotatable bonds is 6. The molecule has 0 aliphatic carbocycles. The van der Waals surface area contributed by atoms with Crippen LogP contribution in [0.3, 0.4) is 0 Å². The summed E-state index contributed by atoms with van der Waals surface area (Å²) in [6.45, 7) is 4.71. The molecule has 7 heteroatoms. The fourth-order valence-electron chi connectivity index (χ4n) is 2.08. The Morgan fingerprint density at radius 1 is 1.35 bits per heavy atom. The molecule has 0 radical (unpaired) electrons. The normalized spacial score (nSPS) is 12.0. The molecule has 0 aliphatic rings. The first kappa shape index (κ1) is 17.6. The highest BCUT2D eigenvalue weighted by atomic mass is 79.9. The highest BCUT2D eigenvalue weighted by Crippen LogP contribution is 2.34. The minimum Gasteiger partial charge on any atom is -0.352 e. The zero-order valence-electron chi connectivity index (χ0n) is 11.3. The summed E-state index contributed by atoms with van der Waals surface area (Å²) >= 11 is 9.36. The van der Waals surface area contributed by atoms with Crippen molar-refractivity contribution in [3.05, 3.63) is 22.8 Å². The molecule has 0 fully saturated rings. The van der Waals surface area contributed by atoms with Gasteiger partial charge < -0.3 is 4.90 Å². The first-order valence-corrected chi connectivity index (χ1v) is 7.90. The Morgan fingerprint density at radius 2 is 1.95 bits per heavy atom. The standard InChI is InChI=1S/C13H17BrClF3N2/c1-3-10(4-2)20(6-5-14)12-11(15)7-9(8-19-12)13(16,17)18/h7-8,10H,3-6H2,1-2H3. The van der Waals surface area contributed by atoms with Gasteiger partial charge >= 0.3 is 6.18 Å². The highest BCUT2D eigenvalue weighted by molar-refractivity contribution is 9.09. The summed E-state index contributed by atoms with van der Waals surface area (Å²) in [5, 5.41) is 0.732. The van der Waals surface area contributed by atoms with Gasteiger partial charge in [-0.1, -0.05) is 41.4 Å². The molecule has 0 aromatic carbocycles. The Morgan fingerprint density at radius 3 is 2.35 bits per heavy atom. The lowest BCUT2D eigenvalue weighted by Gasteiger charge is -2.32. The van der Waals surface area contributed by atoms with E-state index in [-0.39, 0.29) is 11.1 Å². The van der Waals surface area contributed by atoms with Crippen LogP contribution in [0.1, 0.15) is 32.3 Å². The van der Waals surface area contributed by atoms with E-state index >= 15 is 0 Å². The predicted molar refractivity (Wildman–Crippen MR) is 79.8 cm³/mol.